The molecule has 0 fully saturated rings. The second kappa shape index (κ2) is 11.7. The number of carbonyl (C=O) groups is 2. The molecular formula is C28H35N3O4. The highest BCUT2D eigenvalue weighted by molar-refractivity contribution is 6.09. The zero-order valence-electron chi connectivity index (χ0n) is 21.6. The third-order valence-electron chi connectivity index (χ3n) is 5.75. The van der Waals surface area contributed by atoms with E-state index < -0.39 is 5.97 Å². The molecule has 5 rings (SSSR count). The molecule has 2 aliphatic heterocycles. The number of nitrogens with zero attached hydrogens (tertiary/aromatic N) is 3. The molecule has 0 spiro atoms. The molecule has 1 aromatic heterocycles. The van der Waals surface area contributed by atoms with E-state index in [0.717, 1.165) is 34.7 Å². The molecule has 3 aromatic rings. The Morgan fingerprint density at radius 3 is 2.40 bits per heavy atom. The number of ether oxygens (including phenoxy) is 2. The van der Waals surface area contributed by atoms with Crippen LogP contribution in [0.15, 0.2) is 42.5 Å². The Bertz CT molecular complexity index is 1180. The zero-order valence-corrected chi connectivity index (χ0v) is 21.6. The number of hydrogen-bond donors (Lipinski definition) is 0. The van der Waals surface area contributed by atoms with Crippen LogP contribution < -0.4 is 9.64 Å². The lowest BCUT2D eigenvalue weighted by Crippen LogP contribution is -2.39. The van der Waals surface area contributed by atoms with E-state index in [4.69, 9.17) is 9.47 Å². The van der Waals surface area contributed by atoms with Gasteiger partial charge in [-0.1, -0.05) is 45.4 Å². The minimum absolute atomic E-state index is 0.176. The minimum Gasteiger partial charge on any atom is -0.493 e. The van der Waals surface area contributed by atoms with Crippen molar-refractivity contribution in [1.29, 1.82) is 0 Å². The molecule has 35 heavy (non-hydrogen) atoms. The molecule has 0 bridgehead atoms. The Labute approximate surface area is 207 Å². The van der Waals surface area contributed by atoms with Gasteiger partial charge in [0.25, 0.3) is 5.91 Å². The summed E-state index contributed by atoms with van der Waals surface area (Å²) in [5.41, 5.74) is 5.02. The lowest BCUT2D eigenvalue weighted by atomic mass is 10.0. The molecule has 0 saturated carbocycles. The van der Waals surface area contributed by atoms with Crippen LogP contribution in [0.1, 0.15) is 72.3 Å². The Morgan fingerprint density at radius 2 is 1.71 bits per heavy atom. The van der Waals surface area contributed by atoms with Gasteiger partial charge in [0, 0.05) is 24.2 Å². The first-order valence-corrected chi connectivity index (χ1v) is 12.5. The summed E-state index contributed by atoms with van der Waals surface area (Å²) < 4.78 is 12.4. The molecule has 186 valence electrons. The fourth-order valence-electron chi connectivity index (χ4n) is 4.19. The molecule has 2 aromatic carbocycles. The van der Waals surface area contributed by atoms with E-state index >= 15 is 0 Å². The predicted molar refractivity (Wildman–Crippen MR) is 138 cm³/mol. The van der Waals surface area contributed by atoms with Crippen LogP contribution in [0, 0.1) is 6.92 Å². The maximum absolute atomic E-state index is 13.6. The number of hydrogen-bond acceptors (Lipinski definition) is 5. The Balaban J connectivity index is 0.000000815. The standard InChI is InChI=1S/C24H23N3O4.2C2H6/c1-3-30-24(29)21-19-10-12-26(17-6-4-15(2)5-7-17)23(28)22(19)27(25-21)18-8-9-20-16(14-18)11-13-31-20;2*1-2/h4-9,14H,3,10-13H2,1-2H3;2*1-2H3. The number of benzene rings is 2. The second-order valence-electron chi connectivity index (χ2n) is 7.74. The molecule has 1 amide bonds. The molecule has 7 heteroatoms. The van der Waals surface area contributed by atoms with Crippen molar-refractivity contribution in [3.8, 4) is 11.4 Å². The second-order valence-corrected chi connectivity index (χ2v) is 7.74. The lowest BCUT2D eigenvalue weighted by molar-refractivity contribution is 0.0517. The number of rotatable bonds is 4. The van der Waals surface area contributed by atoms with Gasteiger partial charge in [-0.05, 0) is 56.2 Å². The van der Waals surface area contributed by atoms with Crippen molar-refractivity contribution in [2.45, 2.75) is 54.4 Å². The number of esters is 1. The van der Waals surface area contributed by atoms with Crippen LogP contribution in [0.4, 0.5) is 5.69 Å². The molecule has 7 nitrogen and oxygen atoms in total. The van der Waals surface area contributed by atoms with E-state index in [1.54, 1.807) is 16.5 Å². The molecule has 0 atom stereocenters. The van der Waals surface area contributed by atoms with Crippen molar-refractivity contribution in [3.05, 3.63) is 70.5 Å². The van der Waals surface area contributed by atoms with Gasteiger partial charge in [-0.3, -0.25) is 4.79 Å². The van der Waals surface area contributed by atoms with Crippen molar-refractivity contribution in [2.75, 3.05) is 24.7 Å². The maximum atomic E-state index is 13.6. The van der Waals surface area contributed by atoms with E-state index in [0.29, 0.717) is 30.8 Å². The van der Waals surface area contributed by atoms with Gasteiger partial charge in [0.15, 0.2) is 5.69 Å². The van der Waals surface area contributed by atoms with Gasteiger partial charge < -0.3 is 14.4 Å². The molecule has 0 unspecified atom stereocenters. The average molecular weight is 478 g/mol. The summed E-state index contributed by atoms with van der Waals surface area (Å²) in [5.74, 6) is 0.173. The molecule has 0 radical (unpaired) electrons. The first-order valence-electron chi connectivity index (χ1n) is 12.5. The van der Waals surface area contributed by atoms with E-state index in [2.05, 4.69) is 5.10 Å². The van der Waals surface area contributed by atoms with Crippen LogP contribution in [0.2, 0.25) is 0 Å². The smallest absolute Gasteiger partial charge is 0.359 e. The lowest BCUT2D eigenvalue weighted by Gasteiger charge is -2.28. The van der Waals surface area contributed by atoms with Crippen LogP contribution in [0.25, 0.3) is 5.69 Å². The molecule has 3 heterocycles. The molecule has 0 N–H and O–H groups in total. The SMILES string of the molecule is CC.CC.CCOC(=O)c1nn(-c2ccc3c(c2)CCO3)c2c1CCN(c1ccc(C)cc1)C2=O. The van der Waals surface area contributed by atoms with Crippen molar-refractivity contribution >= 4 is 17.6 Å². The topological polar surface area (TPSA) is 73.7 Å². The van der Waals surface area contributed by atoms with Gasteiger partial charge in [-0.15, -0.1) is 0 Å². The monoisotopic (exact) mass is 477 g/mol. The van der Waals surface area contributed by atoms with Crippen molar-refractivity contribution in [3.63, 3.8) is 0 Å². The number of amides is 1. The van der Waals surface area contributed by atoms with Crippen molar-refractivity contribution in [2.24, 2.45) is 0 Å². The number of aryl methyl sites for hydroxylation is 1. The van der Waals surface area contributed by atoms with Crippen LogP contribution in [-0.2, 0) is 17.6 Å². The number of fused-ring (bicyclic) bond motifs is 2. The Hall–Kier alpha value is -3.61. The zero-order chi connectivity index (χ0) is 25.5. The molecular weight excluding hydrogens is 442 g/mol. The predicted octanol–water partition coefficient (Wildman–Crippen LogP) is 5.55. The highest BCUT2D eigenvalue weighted by atomic mass is 16.5. The van der Waals surface area contributed by atoms with Gasteiger partial charge in [0.05, 0.1) is 18.9 Å². The third kappa shape index (κ3) is 5.09. The average Bonchev–Trinajstić information content (AvgIpc) is 3.52. The number of aromatic nitrogens is 2. The van der Waals surface area contributed by atoms with E-state index in [1.165, 1.54) is 0 Å². The largest absolute Gasteiger partial charge is 0.493 e. The van der Waals surface area contributed by atoms with Crippen LogP contribution in [0.3, 0.4) is 0 Å². The summed E-state index contributed by atoms with van der Waals surface area (Å²) in [4.78, 5) is 28.0. The van der Waals surface area contributed by atoms with Gasteiger partial charge >= 0.3 is 5.97 Å². The first kappa shape index (κ1) is 26.0. The summed E-state index contributed by atoms with van der Waals surface area (Å²) in [6, 6.07) is 13.6. The van der Waals surface area contributed by atoms with Crippen LogP contribution in [0.5, 0.6) is 5.75 Å². The highest BCUT2D eigenvalue weighted by Gasteiger charge is 2.35. The fraction of sp³-hybridized carbons (Fsp3) is 0.393. The van der Waals surface area contributed by atoms with Crippen LogP contribution >= 0.6 is 0 Å². The summed E-state index contributed by atoms with van der Waals surface area (Å²) in [6.07, 6.45) is 1.33. The van der Waals surface area contributed by atoms with Gasteiger partial charge in [0.1, 0.15) is 11.4 Å². The van der Waals surface area contributed by atoms with Crippen molar-refractivity contribution < 1.29 is 19.1 Å². The summed E-state index contributed by atoms with van der Waals surface area (Å²) in [7, 11) is 0. The fourth-order valence-corrected chi connectivity index (χ4v) is 4.19. The van der Waals surface area contributed by atoms with Crippen LogP contribution in [-0.4, -0.2) is 41.4 Å². The van der Waals surface area contributed by atoms with E-state index in [-0.39, 0.29) is 18.2 Å². The highest BCUT2D eigenvalue weighted by Crippen LogP contribution is 2.32. The van der Waals surface area contributed by atoms with Gasteiger partial charge in [-0.25, -0.2) is 9.48 Å². The summed E-state index contributed by atoms with van der Waals surface area (Å²) >= 11 is 0. The summed E-state index contributed by atoms with van der Waals surface area (Å²) in [6.45, 7) is 13.1. The Kier molecular flexibility index (Phi) is 8.68. The molecule has 2 aliphatic rings. The van der Waals surface area contributed by atoms with Crippen molar-refractivity contribution in [1.82, 2.24) is 9.78 Å². The number of anilines is 1. The normalized spacial score (nSPS) is 13.4. The van der Waals surface area contributed by atoms with E-state index in [9.17, 15) is 9.59 Å². The molecule has 0 saturated heterocycles. The summed E-state index contributed by atoms with van der Waals surface area (Å²) in [5, 5.41) is 4.55. The Morgan fingerprint density at radius 1 is 1.03 bits per heavy atom. The first-order chi connectivity index (χ1) is 17.1. The molecule has 0 aliphatic carbocycles. The number of carbonyl (C=O) groups excluding carboxylic acids is 2. The van der Waals surface area contributed by atoms with Gasteiger partial charge in [0.2, 0.25) is 0 Å². The minimum atomic E-state index is -0.501. The van der Waals surface area contributed by atoms with Gasteiger partial charge in [-0.2, -0.15) is 5.10 Å². The third-order valence-corrected chi connectivity index (χ3v) is 5.75. The maximum Gasteiger partial charge on any atom is 0.359 e. The van der Waals surface area contributed by atoms with E-state index in [1.807, 2.05) is 77.1 Å². The quantitative estimate of drug-likeness (QED) is 0.461.